The van der Waals surface area contributed by atoms with Crippen molar-refractivity contribution in [3.8, 4) is 5.75 Å². The summed E-state index contributed by atoms with van der Waals surface area (Å²) in [5, 5.41) is 3.19. The smallest absolute Gasteiger partial charge is 0.262 e. The van der Waals surface area contributed by atoms with Crippen LogP contribution >= 0.6 is 0 Å². The molecule has 0 radical (unpaired) electrons. The SMILES string of the molecule is CNCCCCCCCCCCCOc1ccccc1NS(=O)(=O)c1ccccc1. The highest BCUT2D eigenvalue weighted by Gasteiger charge is 2.15. The molecule has 0 amide bonds. The minimum atomic E-state index is -3.63. The first kappa shape index (κ1) is 24.2. The summed E-state index contributed by atoms with van der Waals surface area (Å²) in [5.41, 5.74) is 0.472. The summed E-state index contributed by atoms with van der Waals surface area (Å²) in [4.78, 5) is 0.238. The maximum absolute atomic E-state index is 12.6. The van der Waals surface area contributed by atoms with E-state index in [0.29, 0.717) is 18.0 Å². The first-order chi connectivity index (χ1) is 14.6. The lowest BCUT2D eigenvalue weighted by Crippen LogP contribution is -2.14. The molecule has 0 saturated carbocycles. The number of ether oxygens (including phenoxy) is 1. The van der Waals surface area contributed by atoms with Gasteiger partial charge in [0.15, 0.2) is 0 Å². The standard InChI is InChI=1S/C24H36N2O3S/c1-25-20-14-7-5-3-2-4-6-8-15-21-29-24-19-13-12-18-23(24)26-30(27,28)22-16-10-9-11-17-22/h9-13,16-19,25-26H,2-8,14-15,20-21H2,1H3. The predicted molar refractivity (Wildman–Crippen MR) is 125 cm³/mol. The Morgan fingerprint density at radius 3 is 1.97 bits per heavy atom. The van der Waals surface area contributed by atoms with Crippen molar-refractivity contribution in [3.05, 3.63) is 54.6 Å². The van der Waals surface area contributed by atoms with E-state index in [2.05, 4.69) is 10.0 Å². The predicted octanol–water partition coefficient (Wildman–Crippen LogP) is 5.60. The van der Waals surface area contributed by atoms with Gasteiger partial charge in [0, 0.05) is 0 Å². The summed E-state index contributed by atoms with van der Waals surface area (Å²) in [7, 11) is -1.62. The highest BCUT2D eigenvalue weighted by molar-refractivity contribution is 7.92. The molecule has 0 spiro atoms. The molecular formula is C24H36N2O3S. The lowest BCUT2D eigenvalue weighted by atomic mass is 10.1. The summed E-state index contributed by atoms with van der Waals surface area (Å²) in [5.74, 6) is 0.568. The Hall–Kier alpha value is -2.05. The zero-order chi connectivity index (χ0) is 21.5. The van der Waals surface area contributed by atoms with Crippen LogP contribution < -0.4 is 14.8 Å². The average Bonchev–Trinajstić information content (AvgIpc) is 2.76. The molecule has 2 aromatic carbocycles. The fourth-order valence-electron chi connectivity index (χ4n) is 3.30. The van der Waals surface area contributed by atoms with Gasteiger partial charge in [0.2, 0.25) is 0 Å². The van der Waals surface area contributed by atoms with Crippen molar-refractivity contribution in [1.29, 1.82) is 0 Å². The van der Waals surface area contributed by atoms with Gasteiger partial charge in [-0.1, -0.05) is 75.3 Å². The first-order valence-electron chi connectivity index (χ1n) is 11.1. The summed E-state index contributed by atoms with van der Waals surface area (Å²) in [6.07, 6.45) is 11.2. The number of hydrogen-bond donors (Lipinski definition) is 2. The van der Waals surface area contributed by atoms with Gasteiger partial charge in [0.25, 0.3) is 10.0 Å². The number of para-hydroxylation sites is 2. The first-order valence-corrected chi connectivity index (χ1v) is 12.6. The second-order valence-corrected chi connectivity index (χ2v) is 9.23. The molecular weight excluding hydrogens is 396 g/mol. The number of unbranched alkanes of at least 4 members (excludes halogenated alkanes) is 8. The number of anilines is 1. The van der Waals surface area contributed by atoms with Gasteiger partial charge in [0.05, 0.1) is 17.2 Å². The molecule has 6 heteroatoms. The lowest BCUT2D eigenvalue weighted by Gasteiger charge is -2.13. The molecule has 0 heterocycles. The molecule has 0 aliphatic heterocycles. The van der Waals surface area contributed by atoms with E-state index in [1.807, 2.05) is 13.1 Å². The molecule has 0 unspecified atom stereocenters. The van der Waals surface area contributed by atoms with Crippen LogP contribution in [0.2, 0.25) is 0 Å². The van der Waals surface area contributed by atoms with Crippen LogP contribution in [0.1, 0.15) is 57.8 Å². The maximum Gasteiger partial charge on any atom is 0.262 e. The second-order valence-electron chi connectivity index (χ2n) is 7.55. The van der Waals surface area contributed by atoms with Crippen molar-refractivity contribution < 1.29 is 13.2 Å². The number of hydrogen-bond acceptors (Lipinski definition) is 4. The number of nitrogens with one attached hydrogen (secondary N) is 2. The molecule has 2 aromatic rings. The van der Waals surface area contributed by atoms with Crippen LogP contribution in [0.15, 0.2) is 59.5 Å². The largest absolute Gasteiger partial charge is 0.491 e. The molecule has 0 aliphatic rings. The molecule has 0 fully saturated rings. The zero-order valence-electron chi connectivity index (χ0n) is 18.1. The van der Waals surface area contributed by atoms with Crippen LogP contribution in [-0.2, 0) is 10.0 Å². The van der Waals surface area contributed by atoms with Gasteiger partial charge in [-0.25, -0.2) is 8.42 Å². The van der Waals surface area contributed by atoms with Gasteiger partial charge in [-0.3, -0.25) is 4.72 Å². The summed E-state index contributed by atoms with van der Waals surface area (Å²) in [6.45, 7) is 1.71. The Kier molecular flexibility index (Phi) is 11.3. The van der Waals surface area contributed by atoms with E-state index in [1.54, 1.807) is 48.5 Å². The Bertz CT molecular complexity index is 810. The van der Waals surface area contributed by atoms with Crippen molar-refractivity contribution in [2.24, 2.45) is 0 Å². The summed E-state index contributed by atoms with van der Waals surface area (Å²) in [6, 6.07) is 15.6. The molecule has 0 aliphatic carbocycles. The van der Waals surface area contributed by atoms with Gasteiger partial charge in [-0.2, -0.15) is 0 Å². The van der Waals surface area contributed by atoms with Crippen LogP contribution in [0.4, 0.5) is 5.69 Å². The number of sulfonamides is 1. The molecule has 0 saturated heterocycles. The van der Waals surface area contributed by atoms with Crippen molar-refractivity contribution in [3.63, 3.8) is 0 Å². The van der Waals surface area contributed by atoms with Gasteiger partial charge in [-0.05, 0) is 50.7 Å². The Labute approximate surface area is 182 Å². The third-order valence-corrected chi connectivity index (χ3v) is 6.39. The van der Waals surface area contributed by atoms with E-state index in [1.165, 1.54) is 44.9 Å². The fraction of sp³-hybridized carbons (Fsp3) is 0.500. The Balaban J connectivity index is 1.66. The quantitative estimate of drug-likeness (QED) is 0.339. The van der Waals surface area contributed by atoms with Crippen LogP contribution in [0.5, 0.6) is 5.75 Å². The summed E-state index contributed by atoms with van der Waals surface area (Å²) < 4.78 is 33.6. The number of rotatable bonds is 16. The third kappa shape index (κ3) is 9.18. The van der Waals surface area contributed by atoms with Crippen molar-refractivity contribution in [2.45, 2.75) is 62.7 Å². The van der Waals surface area contributed by atoms with Gasteiger partial charge >= 0.3 is 0 Å². The van der Waals surface area contributed by atoms with E-state index in [-0.39, 0.29) is 4.90 Å². The average molecular weight is 433 g/mol. The van der Waals surface area contributed by atoms with Gasteiger partial charge in [0.1, 0.15) is 5.75 Å². The molecule has 0 bridgehead atoms. The van der Waals surface area contributed by atoms with Crippen LogP contribution in [-0.4, -0.2) is 28.6 Å². The van der Waals surface area contributed by atoms with Crippen molar-refractivity contribution >= 4 is 15.7 Å². The molecule has 0 atom stereocenters. The fourth-order valence-corrected chi connectivity index (χ4v) is 4.39. The molecule has 166 valence electrons. The van der Waals surface area contributed by atoms with E-state index < -0.39 is 10.0 Å². The van der Waals surface area contributed by atoms with Gasteiger partial charge < -0.3 is 10.1 Å². The highest BCUT2D eigenvalue weighted by Crippen LogP contribution is 2.27. The van der Waals surface area contributed by atoms with E-state index in [0.717, 1.165) is 19.4 Å². The third-order valence-electron chi connectivity index (χ3n) is 5.01. The zero-order valence-corrected chi connectivity index (χ0v) is 18.9. The molecule has 5 nitrogen and oxygen atoms in total. The van der Waals surface area contributed by atoms with Crippen LogP contribution in [0.25, 0.3) is 0 Å². The number of benzene rings is 2. The van der Waals surface area contributed by atoms with E-state index >= 15 is 0 Å². The van der Waals surface area contributed by atoms with Crippen molar-refractivity contribution in [1.82, 2.24) is 5.32 Å². The Morgan fingerprint density at radius 1 is 0.733 bits per heavy atom. The monoisotopic (exact) mass is 432 g/mol. The molecule has 2 N–H and O–H groups in total. The highest BCUT2D eigenvalue weighted by atomic mass is 32.2. The Morgan fingerprint density at radius 2 is 1.30 bits per heavy atom. The topological polar surface area (TPSA) is 67.4 Å². The van der Waals surface area contributed by atoms with Gasteiger partial charge in [-0.15, -0.1) is 0 Å². The lowest BCUT2D eigenvalue weighted by molar-refractivity contribution is 0.306. The second kappa shape index (κ2) is 14.0. The molecule has 30 heavy (non-hydrogen) atoms. The van der Waals surface area contributed by atoms with E-state index in [9.17, 15) is 8.42 Å². The minimum absolute atomic E-state index is 0.238. The van der Waals surface area contributed by atoms with Crippen molar-refractivity contribution in [2.75, 3.05) is 24.9 Å². The molecule has 0 aromatic heterocycles. The summed E-state index contributed by atoms with van der Waals surface area (Å²) >= 11 is 0. The van der Waals surface area contributed by atoms with E-state index in [4.69, 9.17) is 4.74 Å². The molecule has 2 rings (SSSR count). The normalized spacial score (nSPS) is 11.4. The maximum atomic E-state index is 12.6. The minimum Gasteiger partial charge on any atom is -0.491 e. The van der Waals surface area contributed by atoms with Crippen LogP contribution in [0, 0.1) is 0 Å². The van der Waals surface area contributed by atoms with Crippen LogP contribution in [0.3, 0.4) is 0 Å².